The van der Waals surface area contributed by atoms with Gasteiger partial charge in [-0.25, -0.2) is 13.6 Å². The van der Waals surface area contributed by atoms with E-state index in [4.69, 9.17) is 16.0 Å². The average Bonchev–Trinajstić information content (AvgIpc) is 2.65. The van der Waals surface area contributed by atoms with Gasteiger partial charge in [0.1, 0.15) is 6.04 Å². The first-order valence-corrected chi connectivity index (χ1v) is 12.0. The normalized spacial score (nSPS) is 13.0. The predicted molar refractivity (Wildman–Crippen MR) is 115 cm³/mol. The van der Waals surface area contributed by atoms with E-state index in [9.17, 15) is 18.0 Å². The summed E-state index contributed by atoms with van der Waals surface area (Å²) in [6.45, 7) is 3.44. The Bertz CT molecular complexity index is 1010. The zero-order chi connectivity index (χ0) is 21.8. The summed E-state index contributed by atoms with van der Waals surface area (Å²) in [5.41, 5.74) is 6.53. The largest absolute Gasteiger partial charge is 0.480 e. The molecule has 0 aromatic heterocycles. The van der Waals surface area contributed by atoms with Crippen LogP contribution in [-0.4, -0.2) is 36.2 Å². The van der Waals surface area contributed by atoms with Crippen molar-refractivity contribution in [1.29, 1.82) is 0 Å². The SMILES string of the molecule is CC(C)(SSc1ccccc1C(=O)Nc1ccc(S(N)(=O)=O)cc1)C(N)C(=O)O. The Balaban J connectivity index is 2.15. The van der Waals surface area contributed by atoms with Crippen LogP contribution in [0.25, 0.3) is 0 Å². The molecule has 2 aromatic carbocycles. The molecule has 0 fully saturated rings. The van der Waals surface area contributed by atoms with Crippen LogP contribution < -0.4 is 16.2 Å². The number of carbonyl (C=O) groups excluding carboxylic acids is 1. The molecule has 8 nitrogen and oxygen atoms in total. The molecule has 0 spiro atoms. The summed E-state index contributed by atoms with van der Waals surface area (Å²) in [6.07, 6.45) is 0. The van der Waals surface area contributed by atoms with Gasteiger partial charge < -0.3 is 16.2 Å². The molecule has 0 aliphatic rings. The molecule has 0 saturated heterocycles. The molecule has 11 heteroatoms. The summed E-state index contributed by atoms with van der Waals surface area (Å²) in [5.74, 6) is -1.49. The lowest BCUT2D eigenvalue weighted by Gasteiger charge is -2.27. The van der Waals surface area contributed by atoms with Gasteiger partial charge in [-0.2, -0.15) is 0 Å². The third-order valence-corrected chi connectivity index (χ3v) is 8.24. The Kier molecular flexibility index (Phi) is 7.35. The molecule has 1 amide bonds. The van der Waals surface area contributed by atoms with Crippen LogP contribution in [0.15, 0.2) is 58.3 Å². The first-order chi connectivity index (χ1) is 13.4. The molecule has 1 unspecified atom stereocenters. The summed E-state index contributed by atoms with van der Waals surface area (Å²) in [4.78, 5) is 24.4. The van der Waals surface area contributed by atoms with Crippen LogP contribution in [0.1, 0.15) is 24.2 Å². The number of nitrogens with one attached hydrogen (secondary N) is 1. The van der Waals surface area contributed by atoms with Crippen molar-refractivity contribution in [2.45, 2.75) is 34.4 Å². The quantitative estimate of drug-likeness (QED) is 0.443. The van der Waals surface area contributed by atoms with E-state index in [-0.39, 0.29) is 4.90 Å². The van der Waals surface area contributed by atoms with Gasteiger partial charge in [-0.3, -0.25) is 9.59 Å². The fourth-order valence-electron chi connectivity index (χ4n) is 2.15. The van der Waals surface area contributed by atoms with Gasteiger partial charge in [-0.15, -0.1) is 0 Å². The minimum absolute atomic E-state index is 0.0557. The smallest absolute Gasteiger partial charge is 0.321 e. The number of aliphatic carboxylic acids is 1. The van der Waals surface area contributed by atoms with Crippen LogP contribution in [0, 0.1) is 0 Å². The van der Waals surface area contributed by atoms with Crippen LogP contribution in [0.5, 0.6) is 0 Å². The van der Waals surface area contributed by atoms with Crippen LogP contribution in [0.4, 0.5) is 5.69 Å². The number of nitrogens with two attached hydrogens (primary N) is 2. The summed E-state index contributed by atoms with van der Waals surface area (Å²) in [7, 11) is -1.29. The summed E-state index contributed by atoms with van der Waals surface area (Å²) < 4.78 is 21.9. The van der Waals surface area contributed by atoms with Gasteiger partial charge in [0, 0.05) is 15.3 Å². The Morgan fingerprint density at radius 2 is 1.69 bits per heavy atom. The zero-order valence-corrected chi connectivity index (χ0v) is 18.1. The molecule has 0 radical (unpaired) electrons. The molecule has 0 aliphatic heterocycles. The van der Waals surface area contributed by atoms with E-state index >= 15 is 0 Å². The molecule has 29 heavy (non-hydrogen) atoms. The number of benzene rings is 2. The second kappa shape index (κ2) is 9.18. The number of anilines is 1. The number of amides is 1. The van der Waals surface area contributed by atoms with Crippen molar-refractivity contribution in [2.24, 2.45) is 10.9 Å². The van der Waals surface area contributed by atoms with Crippen LogP contribution in [0.2, 0.25) is 0 Å². The highest BCUT2D eigenvalue weighted by molar-refractivity contribution is 8.77. The van der Waals surface area contributed by atoms with Crippen molar-refractivity contribution < 1.29 is 23.1 Å². The Morgan fingerprint density at radius 3 is 2.24 bits per heavy atom. The minimum Gasteiger partial charge on any atom is -0.480 e. The highest BCUT2D eigenvalue weighted by Crippen LogP contribution is 2.43. The fourth-order valence-corrected chi connectivity index (χ4v) is 5.22. The van der Waals surface area contributed by atoms with E-state index in [2.05, 4.69) is 5.32 Å². The topological polar surface area (TPSA) is 153 Å². The van der Waals surface area contributed by atoms with E-state index in [1.165, 1.54) is 45.9 Å². The average molecular weight is 456 g/mol. The van der Waals surface area contributed by atoms with Crippen molar-refractivity contribution >= 4 is 49.2 Å². The van der Waals surface area contributed by atoms with Gasteiger partial charge in [0.05, 0.1) is 10.5 Å². The number of rotatable bonds is 8. The second-order valence-corrected chi connectivity index (χ2v) is 11.0. The molecule has 0 bridgehead atoms. The first-order valence-electron chi connectivity index (χ1n) is 8.29. The van der Waals surface area contributed by atoms with Crippen molar-refractivity contribution in [1.82, 2.24) is 0 Å². The van der Waals surface area contributed by atoms with E-state index < -0.39 is 32.7 Å². The number of carboxylic acid groups (broad SMARTS) is 1. The van der Waals surface area contributed by atoms with Gasteiger partial charge in [-0.05, 0) is 50.2 Å². The van der Waals surface area contributed by atoms with E-state index in [1.54, 1.807) is 38.1 Å². The van der Waals surface area contributed by atoms with Gasteiger partial charge in [0.15, 0.2) is 0 Å². The molecule has 1 atom stereocenters. The van der Waals surface area contributed by atoms with Gasteiger partial charge in [0.25, 0.3) is 5.91 Å². The third kappa shape index (κ3) is 6.21. The van der Waals surface area contributed by atoms with Gasteiger partial charge >= 0.3 is 5.97 Å². The van der Waals surface area contributed by atoms with Gasteiger partial charge in [-0.1, -0.05) is 33.7 Å². The van der Waals surface area contributed by atoms with Crippen molar-refractivity contribution in [3.8, 4) is 0 Å². The molecule has 156 valence electrons. The monoisotopic (exact) mass is 455 g/mol. The number of primary sulfonamides is 1. The molecule has 0 saturated carbocycles. The Labute approximate surface area is 176 Å². The van der Waals surface area contributed by atoms with Crippen LogP contribution in [0.3, 0.4) is 0 Å². The van der Waals surface area contributed by atoms with Crippen LogP contribution in [-0.2, 0) is 14.8 Å². The Morgan fingerprint density at radius 1 is 1.10 bits per heavy atom. The maximum Gasteiger partial charge on any atom is 0.321 e. The molecule has 2 rings (SSSR count). The summed E-state index contributed by atoms with van der Waals surface area (Å²) >= 11 is 0. The molecule has 2 aromatic rings. The summed E-state index contributed by atoms with van der Waals surface area (Å²) in [6, 6.07) is 11.3. The summed E-state index contributed by atoms with van der Waals surface area (Å²) in [5, 5.41) is 16.9. The zero-order valence-electron chi connectivity index (χ0n) is 15.7. The maximum atomic E-state index is 12.7. The van der Waals surface area contributed by atoms with Crippen molar-refractivity contribution in [2.75, 3.05) is 5.32 Å². The first kappa shape index (κ1) is 23.2. The molecule has 0 heterocycles. The van der Waals surface area contributed by atoms with Crippen molar-refractivity contribution in [3.05, 3.63) is 54.1 Å². The van der Waals surface area contributed by atoms with E-state index in [0.29, 0.717) is 16.1 Å². The molecule has 0 aliphatic carbocycles. The van der Waals surface area contributed by atoms with E-state index in [1.807, 2.05) is 0 Å². The fraction of sp³-hybridized carbons (Fsp3) is 0.222. The number of carbonyl (C=O) groups is 2. The lowest BCUT2D eigenvalue weighted by molar-refractivity contribution is -0.139. The standard InChI is InChI=1S/C18H21N3O5S3/c1-18(2,15(19)17(23)24)28-27-14-6-4-3-5-13(14)16(22)21-11-7-9-12(10-8-11)29(20,25)26/h3-10,15H,19H2,1-2H3,(H,21,22)(H,23,24)(H2,20,25,26). The van der Waals surface area contributed by atoms with E-state index in [0.717, 1.165) is 0 Å². The Hall–Kier alpha value is -2.05. The number of sulfonamides is 1. The number of hydrogen-bond acceptors (Lipinski definition) is 7. The number of hydrogen-bond donors (Lipinski definition) is 4. The molecule has 6 N–H and O–H groups in total. The predicted octanol–water partition coefficient (Wildman–Crippen LogP) is 2.52. The minimum atomic E-state index is -3.81. The lowest BCUT2D eigenvalue weighted by Crippen LogP contribution is -2.46. The maximum absolute atomic E-state index is 12.7. The highest BCUT2D eigenvalue weighted by Gasteiger charge is 2.33. The third-order valence-electron chi connectivity index (χ3n) is 3.93. The molecular weight excluding hydrogens is 434 g/mol. The lowest BCUT2D eigenvalue weighted by atomic mass is 10.1. The number of carboxylic acids is 1. The highest BCUT2D eigenvalue weighted by atomic mass is 33.1. The molecular formula is C18H21N3O5S3. The van der Waals surface area contributed by atoms with Gasteiger partial charge in [0.2, 0.25) is 10.0 Å². The van der Waals surface area contributed by atoms with Crippen LogP contribution >= 0.6 is 21.6 Å². The second-order valence-electron chi connectivity index (χ2n) is 6.61. The van der Waals surface area contributed by atoms with Crippen molar-refractivity contribution in [3.63, 3.8) is 0 Å².